The summed E-state index contributed by atoms with van der Waals surface area (Å²) >= 11 is 0. The van der Waals surface area contributed by atoms with Gasteiger partial charge in [0, 0.05) is 0 Å². The molecule has 0 saturated heterocycles. The second-order valence-electron chi connectivity index (χ2n) is 6.79. The van der Waals surface area contributed by atoms with E-state index in [1.54, 1.807) is 6.92 Å². The number of cyclic esters (lactones) is 2. The summed E-state index contributed by atoms with van der Waals surface area (Å²) in [4.78, 5) is 32.3. The molecule has 0 aromatic rings. The molecule has 2 aliphatic rings. The first-order valence-corrected chi connectivity index (χ1v) is 7.86. The molecular weight excluding hydrogens is 284 g/mol. The number of esters is 2. The Hall–Kier alpha value is -1.72. The van der Waals surface area contributed by atoms with Crippen LogP contribution in [-0.2, 0) is 19.1 Å². The van der Waals surface area contributed by atoms with Gasteiger partial charge < -0.3 is 9.47 Å². The fraction of sp³-hybridized carbons (Fsp3) is 0.750. The van der Waals surface area contributed by atoms with E-state index in [1.807, 2.05) is 27.7 Å². The Kier molecular flexibility index (Phi) is 4.98. The summed E-state index contributed by atoms with van der Waals surface area (Å²) in [6, 6.07) is -0.914. The minimum Gasteiger partial charge on any atom is -0.409 e. The molecule has 2 aliphatic heterocycles. The van der Waals surface area contributed by atoms with E-state index in [2.05, 4.69) is 9.98 Å². The molecule has 122 valence electrons. The van der Waals surface area contributed by atoms with Crippen molar-refractivity contribution >= 4 is 23.7 Å². The molecule has 6 nitrogen and oxygen atoms in total. The number of carbonyl (C=O) groups excluding carboxylic acids is 2. The third-order valence-electron chi connectivity index (χ3n) is 3.65. The Bertz CT molecular complexity index is 476. The molecule has 0 saturated carbocycles. The van der Waals surface area contributed by atoms with E-state index in [-0.39, 0.29) is 11.9 Å². The van der Waals surface area contributed by atoms with Crippen LogP contribution in [0.5, 0.6) is 0 Å². The first-order chi connectivity index (χ1) is 10.3. The first-order valence-electron chi connectivity index (χ1n) is 7.86. The predicted molar refractivity (Wildman–Crippen MR) is 82.7 cm³/mol. The molecule has 2 atom stereocenters. The van der Waals surface area contributed by atoms with Gasteiger partial charge in [0.15, 0.2) is 12.1 Å². The second kappa shape index (κ2) is 6.58. The van der Waals surface area contributed by atoms with Gasteiger partial charge in [0.05, 0.1) is 0 Å². The fourth-order valence-corrected chi connectivity index (χ4v) is 2.50. The lowest BCUT2D eigenvalue weighted by Gasteiger charge is -2.08. The first kappa shape index (κ1) is 16.6. The summed E-state index contributed by atoms with van der Waals surface area (Å²) in [6.07, 6.45) is 1.30. The Labute approximate surface area is 131 Å². The maximum atomic E-state index is 11.8. The molecule has 0 bridgehead atoms. The van der Waals surface area contributed by atoms with E-state index in [0.717, 1.165) is 0 Å². The average Bonchev–Trinajstić information content (AvgIpc) is 2.93. The van der Waals surface area contributed by atoms with Crippen LogP contribution >= 0.6 is 0 Å². The van der Waals surface area contributed by atoms with Crippen molar-refractivity contribution in [1.82, 2.24) is 0 Å². The summed E-state index contributed by atoms with van der Waals surface area (Å²) in [6.45, 7) is 9.91. The van der Waals surface area contributed by atoms with Gasteiger partial charge in [-0.1, -0.05) is 27.7 Å². The van der Waals surface area contributed by atoms with Crippen molar-refractivity contribution in [3.8, 4) is 0 Å². The van der Waals surface area contributed by atoms with Crippen molar-refractivity contribution in [3.05, 3.63) is 0 Å². The molecule has 0 spiro atoms. The lowest BCUT2D eigenvalue weighted by Crippen LogP contribution is -2.24. The monoisotopic (exact) mass is 308 g/mol. The molecular formula is C16H24N2O4. The zero-order valence-electron chi connectivity index (χ0n) is 13.8. The quantitative estimate of drug-likeness (QED) is 0.706. The summed E-state index contributed by atoms with van der Waals surface area (Å²) in [5, 5.41) is 0. The van der Waals surface area contributed by atoms with E-state index >= 15 is 0 Å². The number of ether oxygens (including phenoxy) is 2. The topological polar surface area (TPSA) is 77.3 Å². The molecule has 0 radical (unpaired) electrons. The second-order valence-corrected chi connectivity index (χ2v) is 6.79. The smallest absolute Gasteiger partial charge is 0.337 e. The van der Waals surface area contributed by atoms with Gasteiger partial charge in [-0.15, -0.1) is 0 Å². The summed E-state index contributed by atoms with van der Waals surface area (Å²) in [7, 11) is 0. The normalized spacial score (nSPS) is 26.1. The van der Waals surface area contributed by atoms with Gasteiger partial charge in [0.1, 0.15) is 5.92 Å². The minimum absolute atomic E-state index is 0.299. The Morgan fingerprint density at radius 1 is 0.818 bits per heavy atom. The van der Waals surface area contributed by atoms with Crippen molar-refractivity contribution in [1.29, 1.82) is 0 Å². The van der Waals surface area contributed by atoms with Crippen LogP contribution in [0.15, 0.2) is 9.98 Å². The third kappa shape index (κ3) is 3.72. The van der Waals surface area contributed by atoms with Crippen LogP contribution in [0.1, 0.15) is 47.5 Å². The Morgan fingerprint density at radius 2 is 1.18 bits per heavy atom. The molecule has 2 heterocycles. The molecule has 22 heavy (non-hydrogen) atoms. The number of carbonyl (C=O) groups is 2. The number of nitrogens with zero attached hydrogens (tertiary/aromatic N) is 2. The van der Waals surface area contributed by atoms with Gasteiger partial charge in [0.2, 0.25) is 11.8 Å². The predicted octanol–water partition coefficient (Wildman–Crippen LogP) is 2.36. The summed E-state index contributed by atoms with van der Waals surface area (Å²) < 4.78 is 10.5. The van der Waals surface area contributed by atoms with Gasteiger partial charge in [-0.05, 0) is 31.6 Å². The van der Waals surface area contributed by atoms with Crippen LogP contribution in [0.25, 0.3) is 0 Å². The number of aliphatic imine (C=N–C) groups is 2. The number of hydrogen-bond acceptors (Lipinski definition) is 6. The van der Waals surface area contributed by atoms with E-state index in [1.165, 1.54) is 0 Å². The van der Waals surface area contributed by atoms with Crippen LogP contribution in [0.4, 0.5) is 0 Å². The van der Waals surface area contributed by atoms with Crippen LogP contribution < -0.4 is 0 Å². The molecule has 0 N–H and O–H groups in total. The van der Waals surface area contributed by atoms with Gasteiger partial charge in [0.25, 0.3) is 0 Å². The molecule has 0 aromatic carbocycles. The van der Waals surface area contributed by atoms with Crippen molar-refractivity contribution in [2.24, 2.45) is 27.7 Å². The van der Waals surface area contributed by atoms with E-state index < -0.39 is 18.0 Å². The largest absolute Gasteiger partial charge is 0.409 e. The van der Waals surface area contributed by atoms with Crippen molar-refractivity contribution in [2.75, 3.05) is 0 Å². The van der Waals surface area contributed by atoms with E-state index in [0.29, 0.717) is 36.5 Å². The van der Waals surface area contributed by atoms with Gasteiger partial charge >= 0.3 is 11.9 Å². The lowest BCUT2D eigenvalue weighted by atomic mass is 10.0. The molecule has 2 rings (SSSR count). The number of rotatable bonds is 6. The summed E-state index contributed by atoms with van der Waals surface area (Å²) in [5.74, 6) is 0.224. The molecule has 6 heteroatoms. The van der Waals surface area contributed by atoms with Crippen LogP contribution in [-0.4, -0.2) is 35.8 Å². The minimum atomic E-state index is -0.457. The highest BCUT2D eigenvalue weighted by atomic mass is 16.6. The zero-order chi connectivity index (χ0) is 16.4. The van der Waals surface area contributed by atoms with E-state index in [9.17, 15) is 9.59 Å². The molecule has 0 amide bonds. The van der Waals surface area contributed by atoms with Gasteiger partial charge in [-0.3, -0.25) is 0 Å². The number of hydrogen-bond donors (Lipinski definition) is 0. The summed E-state index contributed by atoms with van der Waals surface area (Å²) in [5.41, 5.74) is 0. The highest BCUT2D eigenvalue weighted by Crippen LogP contribution is 2.23. The zero-order valence-corrected chi connectivity index (χ0v) is 13.8. The molecule has 2 unspecified atom stereocenters. The highest BCUT2D eigenvalue weighted by Gasteiger charge is 2.38. The lowest BCUT2D eigenvalue weighted by molar-refractivity contribution is -0.135. The molecule has 0 fully saturated rings. The average molecular weight is 308 g/mol. The maximum absolute atomic E-state index is 11.8. The van der Waals surface area contributed by atoms with Gasteiger partial charge in [-0.2, -0.15) is 0 Å². The van der Waals surface area contributed by atoms with Crippen molar-refractivity contribution in [3.63, 3.8) is 0 Å². The van der Waals surface area contributed by atoms with Crippen LogP contribution in [0.2, 0.25) is 0 Å². The highest BCUT2D eigenvalue weighted by molar-refractivity contribution is 6.11. The molecule has 0 aromatic heterocycles. The van der Waals surface area contributed by atoms with Gasteiger partial charge in [-0.25, -0.2) is 19.6 Å². The maximum Gasteiger partial charge on any atom is 0.337 e. The van der Waals surface area contributed by atoms with Crippen LogP contribution in [0.3, 0.4) is 0 Å². The van der Waals surface area contributed by atoms with Crippen molar-refractivity contribution < 1.29 is 19.1 Å². The molecule has 0 aliphatic carbocycles. The fourth-order valence-electron chi connectivity index (χ4n) is 2.50. The SMILES string of the molecule is CC(C)CC1N=C(C(C)C2=NC(CC(C)C)C(=O)O2)OC1=O. The Morgan fingerprint density at radius 3 is 1.50 bits per heavy atom. The van der Waals surface area contributed by atoms with E-state index in [4.69, 9.17) is 9.47 Å². The Balaban J connectivity index is 2.07. The van der Waals surface area contributed by atoms with Crippen LogP contribution in [0, 0.1) is 17.8 Å². The van der Waals surface area contributed by atoms with Crippen molar-refractivity contribution in [2.45, 2.75) is 59.5 Å². The standard InChI is InChI=1S/C16H24N2O4/c1-8(2)6-11-15(19)21-13(17-11)10(5)14-18-12(7-9(3)4)16(20)22-14/h8-12H,6-7H2,1-5H3. The third-order valence-corrected chi connectivity index (χ3v) is 3.65.